The van der Waals surface area contributed by atoms with E-state index >= 15 is 0 Å². The Morgan fingerprint density at radius 1 is 1.24 bits per heavy atom. The predicted octanol–water partition coefficient (Wildman–Crippen LogP) is 3.01. The number of hydrogen-bond donors (Lipinski definition) is 4. The van der Waals surface area contributed by atoms with Gasteiger partial charge in [-0.1, -0.05) is 41.4 Å². The van der Waals surface area contributed by atoms with Crippen LogP contribution in [0.15, 0.2) is 47.5 Å². The molecule has 33 heavy (non-hydrogen) atoms. The van der Waals surface area contributed by atoms with Crippen molar-refractivity contribution in [3.8, 4) is 0 Å². The van der Waals surface area contributed by atoms with Crippen molar-refractivity contribution in [3.63, 3.8) is 0 Å². The van der Waals surface area contributed by atoms with Crippen LogP contribution in [0.5, 0.6) is 0 Å². The second-order valence-electron chi connectivity index (χ2n) is 8.60. The van der Waals surface area contributed by atoms with Crippen molar-refractivity contribution in [1.29, 1.82) is 0 Å². The Kier molecular flexibility index (Phi) is 5.19. The van der Waals surface area contributed by atoms with E-state index in [1.54, 1.807) is 6.07 Å². The zero-order valence-electron chi connectivity index (χ0n) is 18.1. The number of benzene rings is 1. The number of amides is 1. The average Bonchev–Trinajstić information content (AvgIpc) is 3.57. The number of aliphatic hydroxyl groups excluding tert-OH is 1. The first-order valence-corrected chi connectivity index (χ1v) is 11.0. The summed E-state index contributed by atoms with van der Waals surface area (Å²) in [6, 6.07) is 10.7. The lowest BCUT2D eigenvalue weighted by molar-refractivity contribution is -0.117. The number of anilines is 3. The third-order valence-corrected chi connectivity index (χ3v) is 6.33. The maximum atomic E-state index is 13.6. The van der Waals surface area contributed by atoms with Gasteiger partial charge in [-0.3, -0.25) is 19.5 Å². The summed E-state index contributed by atoms with van der Waals surface area (Å²) in [5.74, 6) is 0.635. The lowest BCUT2D eigenvalue weighted by Gasteiger charge is -2.29. The Bertz CT molecular complexity index is 1320. The molecule has 10 heteroatoms. The van der Waals surface area contributed by atoms with Crippen LogP contribution in [-0.2, 0) is 10.5 Å². The number of carbonyl (C=O) groups is 1. The summed E-state index contributed by atoms with van der Waals surface area (Å²) in [4.78, 5) is 33.8. The van der Waals surface area contributed by atoms with E-state index < -0.39 is 11.9 Å². The number of aromatic nitrogens is 3. The van der Waals surface area contributed by atoms with Gasteiger partial charge in [0.1, 0.15) is 35.5 Å². The third kappa shape index (κ3) is 3.88. The molecule has 1 amide bonds. The Morgan fingerprint density at radius 3 is 2.73 bits per heavy atom. The Hall–Kier alpha value is -3.27. The first-order chi connectivity index (χ1) is 15.8. The SMILES string of the molecule is Cc1cccc(C2(C)NC(O)c3c(Cl)cc(Nc4cc(NC(=O)C5CC5)ncn4)c(=O)n32)c1. The molecule has 1 aliphatic carbocycles. The fraction of sp³-hybridized carbons (Fsp3) is 0.304. The molecule has 4 N–H and O–H groups in total. The normalized spacial score (nSPS) is 21.5. The highest BCUT2D eigenvalue weighted by atomic mass is 35.5. The topological polar surface area (TPSA) is 121 Å². The molecular formula is C23H23ClN6O3. The minimum absolute atomic E-state index is 0.0368. The fourth-order valence-corrected chi connectivity index (χ4v) is 4.45. The van der Waals surface area contributed by atoms with E-state index in [0.29, 0.717) is 11.6 Å². The third-order valence-electron chi connectivity index (χ3n) is 6.02. The lowest BCUT2D eigenvalue weighted by Crippen LogP contribution is -2.45. The molecule has 1 aliphatic heterocycles. The molecule has 2 atom stereocenters. The Morgan fingerprint density at radius 2 is 2.00 bits per heavy atom. The highest BCUT2D eigenvalue weighted by molar-refractivity contribution is 6.31. The number of halogens is 1. The number of nitrogens with one attached hydrogen (secondary N) is 3. The summed E-state index contributed by atoms with van der Waals surface area (Å²) in [5, 5.41) is 19.7. The van der Waals surface area contributed by atoms with Crippen LogP contribution in [-0.4, -0.2) is 25.5 Å². The number of rotatable bonds is 5. The minimum atomic E-state index is -1.12. The molecule has 1 aromatic carbocycles. The van der Waals surface area contributed by atoms with Crippen LogP contribution in [0.1, 0.15) is 42.8 Å². The van der Waals surface area contributed by atoms with Crippen LogP contribution < -0.4 is 21.5 Å². The zero-order chi connectivity index (χ0) is 23.3. The molecule has 5 rings (SSSR count). The van der Waals surface area contributed by atoms with Gasteiger partial charge in [0.15, 0.2) is 0 Å². The first kappa shape index (κ1) is 21.6. The molecule has 9 nitrogen and oxygen atoms in total. The molecule has 3 heterocycles. The van der Waals surface area contributed by atoms with Crippen molar-refractivity contribution in [2.45, 2.75) is 38.6 Å². The first-order valence-electron chi connectivity index (χ1n) is 10.6. The van der Waals surface area contributed by atoms with Crippen molar-refractivity contribution in [3.05, 3.63) is 74.9 Å². The van der Waals surface area contributed by atoms with Gasteiger partial charge < -0.3 is 15.7 Å². The van der Waals surface area contributed by atoms with E-state index in [4.69, 9.17) is 11.6 Å². The maximum absolute atomic E-state index is 13.6. The molecule has 0 bridgehead atoms. The van der Waals surface area contributed by atoms with Gasteiger partial charge in [0.2, 0.25) is 5.91 Å². The van der Waals surface area contributed by atoms with E-state index in [0.717, 1.165) is 24.0 Å². The van der Waals surface area contributed by atoms with Gasteiger partial charge in [-0.05, 0) is 38.3 Å². The van der Waals surface area contributed by atoms with Crippen molar-refractivity contribution in [2.24, 2.45) is 5.92 Å². The number of aryl methyl sites for hydroxylation is 1. The van der Waals surface area contributed by atoms with Crippen LogP contribution in [0.3, 0.4) is 0 Å². The van der Waals surface area contributed by atoms with E-state index in [1.807, 2.05) is 38.1 Å². The Balaban J connectivity index is 1.53. The van der Waals surface area contributed by atoms with Gasteiger partial charge in [0.05, 0.1) is 10.7 Å². The van der Waals surface area contributed by atoms with Crippen molar-refractivity contribution in [1.82, 2.24) is 19.9 Å². The number of hydrogen-bond acceptors (Lipinski definition) is 7. The van der Waals surface area contributed by atoms with Crippen LogP contribution in [0, 0.1) is 12.8 Å². The summed E-state index contributed by atoms with van der Waals surface area (Å²) >= 11 is 6.51. The molecule has 2 aromatic heterocycles. The summed E-state index contributed by atoms with van der Waals surface area (Å²) in [5.41, 5.74) is 0.892. The summed E-state index contributed by atoms with van der Waals surface area (Å²) in [6.07, 6.45) is 1.95. The van der Waals surface area contributed by atoms with Crippen LogP contribution >= 0.6 is 11.6 Å². The molecular weight excluding hydrogens is 444 g/mol. The van der Waals surface area contributed by atoms with Crippen LogP contribution in [0.2, 0.25) is 5.02 Å². The molecule has 3 aromatic rings. The predicted molar refractivity (Wildman–Crippen MR) is 124 cm³/mol. The van der Waals surface area contributed by atoms with Crippen molar-refractivity contribution >= 4 is 34.8 Å². The fourth-order valence-electron chi connectivity index (χ4n) is 4.15. The number of pyridine rings is 1. The standard InChI is InChI=1S/C23H23ClN6O3/c1-12-4-3-5-14(8-12)23(2)29-21(32)19-15(24)9-16(22(33)30(19)23)27-17-10-18(26-11-25-17)28-20(31)13-6-7-13/h3-5,8-11,13,21,29,32H,6-7H2,1-2H3,(H2,25,26,27,28,31). The number of aliphatic hydroxyl groups is 1. The zero-order valence-corrected chi connectivity index (χ0v) is 18.8. The number of nitrogens with zero attached hydrogens (tertiary/aromatic N) is 3. The largest absolute Gasteiger partial charge is 0.373 e. The minimum Gasteiger partial charge on any atom is -0.373 e. The second-order valence-corrected chi connectivity index (χ2v) is 9.00. The summed E-state index contributed by atoms with van der Waals surface area (Å²) in [6.45, 7) is 3.78. The molecule has 170 valence electrons. The van der Waals surface area contributed by atoms with E-state index in [9.17, 15) is 14.7 Å². The van der Waals surface area contributed by atoms with Crippen LogP contribution in [0.4, 0.5) is 17.3 Å². The molecule has 0 radical (unpaired) electrons. The van der Waals surface area contributed by atoms with Crippen molar-refractivity contribution < 1.29 is 9.90 Å². The summed E-state index contributed by atoms with van der Waals surface area (Å²) < 4.78 is 1.47. The van der Waals surface area contributed by atoms with E-state index in [-0.39, 0.29) is 33.8 Å². The van der Waals surface area contributed by atoms with E-state index in [2.05, 4.69) is 25.9 Å². The molecule has 1 fully saturated rings. The highest BCUT2D eigenvalue weighted by Crippen LogP contribution is 2.38. The number of fused-ring (bicyclic) bond motifs is 1. The Labute approximate surface area is 194 Å². The van der Waals surface area contributed by atoms with Gasteiger partial charge in [-0.2, -0.15) is 0 Å². The molecule has 0 spiro atoms. The van der Waals surface area contributed by atoms with Gasteiger partial charge in [-0.25, -0.2) is 9.97 Å². The van der Waals surface area contributed by atoms with Crippen LogP contribution in [0.25, 0.3) is 0 Å². The van der Waals surface area contributed by atoms with Gasteiger partial charge in [0.25, 0.3) is 5.56 Å². The highest BCUT2D eigenvalue weighted by Gasteiger charge is 2.43. The van der Waals surface area contributed by atoms with Gasteiger partial charge in [-0.15, -0.1) is 0 Å². The summed E-state index contributed by atoms with van der Waals surface area (Å²) in [7, 11) is 0. The number of carbonyl (C=O) groups excluding carboxylic acids is 1. The quantitative estimate of drug-likeness (QED) is 0.456. The lowest BCUT2D eigenvalue weighted by atomic mass is 9.99. The molecule has 1 saturated carbocycles. The molecule has 2 aliphatic rings. The smallest absolute Gasteiger partial charge is 0.276 e. The average molecular weight is 467 g/mol. The molecule has 0 saturated heterocycles. The van der Waals surface area contributed by atoms with E-state index in [1.165, 1.54) is 17.0 Å². The van der Waals surface area contributed by atoms with Gasteiger partial charge >= 0.3 is 0 Å². The monoisotopic (exact) mass is 466 g/mol. The second kappa shape index (κ2) is 7.95. The van der Waals surface area contributed by atoms with Gasteiger partial charge in [0, 0.05) is 12.0 Å². The maximum Gasteiger partial charge on any atom is 0.276 e. The molecule has 2 unspecified atom stereocenters. The van der Waals surface area contributed by atoms with Crippen molar-refractivity contribution in [2.75, 3.05) is 10.6 Å².